The number of benzene rings is 2. The fourth-order valence-corrected chi connectivity index (χ4v) is 3.85. The van der Waals surface area contributed by atoms with E-state index in [0.29, 0.717) is 16.1 Å². The number of nitrogens with zero attached hydrogens (tertiary/aromatic N) is 1. The minimum Gasteiger partial charge on any atom is -0.361 e. The van der Waals surface area contributed by atoms with Gasteiger partial charge in [0.1, 0.15) is 16.8 Å². The summed E-state index contributed by atoms with van der Waals surface area (Å²) < 4.78 is 38.0. The van der Waals surface area contributed by atoms with Crippen molar-refractivity contribution in [1.82, 2.24) is 4.98 Å². The van der Waals surface area contributed by atoms with E-state index < -0.39 is 15.7 Å². The number of fused-ring (bicyclic) bond motifs is 1. The number of aromatic nitrogens is 1. The molecule has 1 N–H and O–H groups in total. The molecule has 1 heterocycles. The number of halogens is 2. The summed E-state index contributed by atoms with van der Waals surface area (Å²) in [5.74, 6) is -0.830. The smallest absolute Gasteiger partial charge is 0.192 e. The van der Waals surface area contributed by atoms with Gasteiger partial charge in [0.15, 0.2) is 9.84 Å². The summed E-state index contributed by atoms with van der Waals surface area (Å²) in [6.45, 7) is 0. The van der Waals surface area contributed by atoms with Crippen LogP contribution in [0.3, 0.4) is 0 Å². The second kappa shape index (κ2) is 6.71. The Bertz CT molecular complexity index is 1110. The van der Waals surface area contributed by atoms with Gasteiger partial charge in [-0.25, -0.2) is 12.8 Å². The van der Waals surface area contributed by atoms with Crippen LogP contribution in [0.5, 0.6) is 0 Å². The molecule has 0 saturated heterocycles. The van der Waals surface area contributed by atoms with Crippen LogP contribution in [0.25, 0.3) is 17.0 Å². The van der Waals surface area contributed by atoms with Gasteiger partial charge in [0, 0.05) is 27.7 Å². The van der Waals surface area contributed by atoms with Gasteiger partial charge in [-0.2, -0.15) is 5.26 Å². The van der Waals surface area contributed by atoms with Crippen molar-refractivity contribution in [2.24, 2.45) is 0 Å². The van der Waals surface area contributed by atoms with Crippen molar-refractivity contribution in [3.8, 4) is 6.07 Å². The van der Waals surface area contributed by atoms with E-state index in [4.69, 9.17) is 11.6 Å². The molecule has 25 heavy (non-hydrogen) atoms. The van der Waals surface area contributed by atoms with Crippen molar-refractivity contribution in [2.45, 2.75) is 5.75 Å². The SMILES string of the molecule is N#C/C(=C\c1c[nH]c2ccc(Cl)cc12)S(=O)(=O)Cc1ccc(F)cc1. The maximum absolute atomic E-state index is 12.9. The summed E-state index contributed by atoms with van der Waals surface area (Å²) in [4.78, 5) is 2.64. The largest absolute Gasteiger partial charge is 0.361 e. The molecule has 0 bridgehead atoms. The highest BCUT2D eigenvalue weighted by molar-refractivity contribution is 7.95. The molecular formula is C18H12ClFN2O2S. The number of nitrogens with one attached hydrogen (secondary N) is 1. The van der Waals surface area contributed by atoms with Gasteiger partial charge in [-0.05, 0) is 42.0 Å². The normalized spacial score (nSPS) is 12.3. The predicted octanol–water partition coefficient (Wildman–Crippen LogP) is 4.44. The predicted molar refractivity (Wildman–Crippen MR) is 95.9 cm³/mol. The van der Waals surface area contributed by atoms with Crippen LogP contribution in [0.1, 0.15) is 11.1 Å². The van der Waals surface area contributed by atoms with E-state index in [1.54, 1.807) is 30.5 Å². The van der Waals surface area contributed by atoms with Crippen LogP contribution < -0.4 is 0 Å². The highest BCUT2D eigenvalue weighted by Crippen LogP contribution is 2.26. The molecule has 4 nitrogen and oxygen atoms in total. The average molecular weight is 375 g/mol. The summed E-state index contributed by atoms with van der Waals surface area (Å²) in [6, 6.07) is 12.1. The van der Waals surface area contributed by atoms with Crippen LogP contribution in [0, 0.1) is 17.1 Å². The number of sulfone groups is 1. The summed E-state index contributed by atoms with van der Waals surface area (Å²) in [5, 5.41) is 10.5. The summed E-state index contributed by atoms with van der Waals surface area (Å²) >= 11 is 5.98. The lowest BCUT2D eigenvalue weighted by Crippen LogP contribution is -2.06. The van der Waals surface area contributed by atoms with E-state index in [2.05, 4.69) is 4.98 Å². The first-order valence-corrected chi connectivity index (χ1v) is 9.28. The van der Waals surface area contributed by atoms with Crippen LogP contribution in [0.2, 0.25) is 5.02 Å². The van der Waals surface area contributed by atoms with E-state index >= 15 is 0 Å². The fourth-order valence-electron chi connectivity index (χ4n) is 2.44. The van der Waals surface area contributed by atoms with E-state index in [0.717, 1.165) is 10.9 Å². The topological polar surface area (TPSA) is 73.7 Å². The van der Waals surface area contributed by atoms with Crippen LogP contribution in [0.4, 0.5) is 4.39 Å². The highest BCUT2D eigenvalue weighted by atomic mass is 35.5. The third-order valence-corrected chi connectivity index (χ3v) is 5.51. The van der Waals surface area contributed by atoms with Gasteiger partial charge < -0.3 is 4.98 Å². The molecule has 0 amide bonds. The van der Waals surface area contributed by atoms with Crippen molar-refractivity contribution in [1.29, 1.82) is 5.26 Å². The Labute approximate surface area is 149 Å². The summed E-state index contributed by atoms with van der Waals surface area (Å²) in [5.41, 5.74) is 1.74. The van der Waals surface area contributed by atoms with Gasteiger partial charge in [0.2, 0.25) is 0 Å². The molecule has 0 aliphatic rings. The number of rotatable bonds is 4. The van der Waals surface area contributed by atoms with E-state index in [9.17, 15) is 18.1 Å². The Morgan fingerprint density at radius 3 is 2.64 bits per heavy atom. The maximum atomic E-state index is 12.9. The lowest BCUT2D eigenvalue weighted by molar-refractivity contribution is 0.602. The molecule has 2 aromatic carbocycles. The van der Waals surface area contributed by atoms with Gasteiger partial charge in [-0.3, -0.25) is 0 Å². The Kier molecular flexibility index (Phi) is 4.62. The molecule has 0 fully saturated rings. The monoisotopic (exact) mass is 374 g/mol. The van der Waals surface area contributed by atoms with Crippen LogP contribution in [-0.4, -0.2) is 13.4 Å². The number of nitriles is 1. The zero-order chi connectivity index (χ0) is 18.0. The quantitative estimate of drug-likeness (QED) is 0.686. The molecule has 7 heteroatoms. The molecule has 0 saturated carbocycles. The Balaban J connectivity index is 2.00. The first-order valence-electron chi connectivity index (χ1n) is 7.25. The standard InChI is InChI=1S/C18H12ClFN2O2S/c19-14-3-6-18-17(8-14)13(10-22-18)7-16(9-21)25(23,24)11-12-1-4-15(20)5-2-12/h1-8,10,22H,11H2/b16-7+. The molecule has 1 aromatic heterocycles. The van der Waals surface area contributed by atoms with Gasteiger partial charge in [-0.15, -0.1) is 0 Å². The zero-order valence-corrected chi connectivity index (χ0v) is 14.4. The molecule has 0 radical (unpaired) electrons. The van der Waals surface area contributed by atoms with Crippen molar-refractivity contribution in [3.63, 3.8) is 0 Å². The first-order chi connectivity index (χ1) is 11.9. The second-order valence-electron chi connectivity index (χ2n) is 5.44. The molecule has 0 aliphatic carbocycles. The Hall–Kier alpha value is -2.62. The molecule has 3 aromatic rings. The number of aromatic amines is 1. The minimum absolute atomic E-state index is 0.363. The van der Waals surface area contributed by atoms with Crippen molar-refractivity contribution < 1.29 is 12.8 Å². The maximum Gasteiger partial charge on any atom is 0.192 e. The Morgan fingerprint density at radius 1 is 1.24 bits per heavy atom. The van der Waals surface area contributed by atoms with E-state index in [1.807, 2.05) is 0 Å². The van der Waals surface area contributed by atoms with Gasteiger partial charge in [0.05, 0.1) is 5.75 Å². The summed E-state index contributed by atoms with van der Waals surface area (Å²) in [7, 11) is -3.86. The molecule has 126 valence electrons. The number of allylic oxidation sites excluding steroid dienone is 1. The van der Waals surface area contributed by atoms with Crippen LogP contribution in [0.15, 0.2) is 53.6 Å². The van der Waals surface area contributed by atoms with Crippen LogP contribution >= 0.6 is 11.6 Å². The highest BCUT2D eigenvalue weighted by Gasteiger charge is 2.19. The molecule has 0 spiro atoms. The third-order valence-electron chi connectivity index (χ3n) is 3.68. The second-order valence-corrected chi connectivity index (χ2v) is 7.83. The third kappa shape index (κ3) is 3.73. The van der Waals surface area contributed by atoms with Gasteiger partial charge in [0.25, 0.3) is 0 Å². The molecule has 0 unspecified atom stereocenters. The van der Waals surface area contributed by atoms with Gasteiger partial charge >= 0.3 is 0 Å². The van der Waals surface area contributed by atoms with Crippen molar-refractivity contribution in [3.05, 3.63) is 75.5 Å². The lowest BCUT2D eigenvalue weighted by Gasteiger charge is -2.03. The van der Waals surface area contributed by atoms with Crippen molar-refractivity contribution in [2.75, 3.05) is 0 Å². The summed E-state index contributed by atoms with van der Waals surface area (Å²) in [6.07, 6.45) is 2.93. The molecule has 0 atom stereocenters. The lowest BCUT2D eigenvalue weighted by atomic mass is 10.1. The molecule has 3 rings (SSSR count). The molecular weight excluding hydrogens is 363 g/mol. The average Bonchev–Trinajstić information content (AvgIpc) is 2.96. The van der Waals surface area contributed by atoms with Crippen LogP contribution in [-0.2, 0) is 15.6 Å². The molecule has 0 aliphatic heterocycles. The zero-order valence-electron chi connectivity index (χ0n) is 12.8. The Morgan fingerprint density at radius 2 is 1.96 bits per heavy atom. The minimum atomic E-state index is -3.86. The first kappa shape index (κ1) is 17.2. The van der Waals surface area contributed by atoms with E-state index in [-0.39, 0.29) is 10.7 Å². The number of hydrogen-bond acceptors (Lipinski definition) is 3. The number of hydrogen-bond donors (Lipinski definition) is 1. The number of H-pyrrole nitrogens is 1. The fraction of sp³-hybridized carbons (Fsp3) is 0.0556. The van der Waals surface area contributed by atoms with E-state index in [1.165, 1.54) is 30.3 Å². The van der Waals surface area contributed by atoms with Crippen molar-refractivity contribution >= 4 is 38.4 Å². The van der Waals surface area contributed by atoms with Gasteiger partial charge in [-0.1, -0.05) is 23.7 Å².